The lowest BCUT2D eigenvalue weighted by Gasteiger charge is -2.34. The SMILES string of the molecule is COc1ccc(C(=O)N2CCN(C(C)=O)CC2)cc1C(C)C. The minimum absolute atomic E-state index is 0.0211. The third-order valence-electron chi connectivity index (χ3n) is 4.11. The molecule has 1 aromatic rings. The maximum atomic E-state index is 12.6. The van der Waals surface area contributed by atoms with Gasteiger partial charge in [-0.05, 0) is 29.7 Å². The molecule has 1 aromatic carbocycles. The highest BCUT2D eigenvalue weighted by Crippen LogP contribution is 2.27. The fourth-order valence-corrected chi connectivity index (χ4v) is 2.73. The molecule has 0 atom stereocenters. The molecule has 0 radical (unpaired) electrons. The summed E-state index contributed by atoms with van der Waals surface area (Å²) in [6.45, 7) is 8.11. The Morgan fingerprint density at radius 1 is 1.09 bits per heavy atom. The first-order chi connectivity index (χ1) is 10.4. The molecule has 120 valence electrons. The Morgan fingerprint density at radius 2 is 1.68 bits per heavy atom. The highest BCUT2D eigenvalue weighted by atomic mass is 16.5. The Bertz CT molecular complexity index is 561. The fraction of sp³-hybridized carbons (Fsp3) is 0.529. The van der Waals surface area contributed by atoms with Gasteiger partial charge in [0.25, 0.3) is 5.91 Å². The zero-order valence-electron chi connectivity index (χ0n) is 13.8. The van der Waals surface area contributed by atoms with Crippen LogP contribution in [0.25, 0.3) is 0 Å². The molecule has 22 heavy (non-hydrogen) atoms. The molecule has 1 aliphatic rings. The smallest absolute Gasteiger partial charge is 0.253 e. The highest BCUT2D eigenvalue weighted by molar-refractivity contribution is 5.94. The summed E-state index contributed by atoms with van der Waals surface area (Å²) in [5.74, 6) is 1.19. The molecule has 5 nitrogen and oxygen atoms in total. The normalized spacial score (nSPS) is 15.1. The van der Waals surface area contributed by atoms with E-state index >= 15 is 0 Å². The van der Waals surface area contributed by atoms with Crippen LogP contribution >= 0.6 is 0 Å². The summed E-state index contributed by atoms with van der Waals surface area (Å²) in [4.78, 5) is 27.6. The second kappa shape index (κ2) is 6.81. The fourth-order valence-electron chi connectivity index (χ4n) is 2.73. The number of benzene rings is 1. The zero-order valence-corrected chi connectivity index (χ0v) is 13.8. The van der Waals surface area contributed by atoms with Crippen molar-refractivity contribution in [3.8, 4) is 5.75 Å². The molecule has 0 unspecified atom stereocenters. The number of carbonyl (C=O) groups is 2. The Labute approximate surface area is 131 Å². The molecule has 2 rings (SSSR count). The van der Waals surface area contributed by atoms with E-state index in [-0.39, 0.29) is 17.7 Å². The van der Waals surface area contributed by atoms with Crippen molar-refractivity contribution < 1.29 is 14.3 Å². The largest absolute Gasteiger partial charge is 0.496 e. The van der Waals surface area contributed by atoms with Gasteiger partial charge in [-0.1, -0.05) is 13.8 Å². The molecule has 1 saturated heterocycles. The first-order valence-corrected chi connectivity index (χ1v) is 7.66. The maximum absolute atomic E-state index is 12.6. The van der Waals surface area contributed by atoms with E-state index < -0.39 is 0 Å². The van der Waals surface area contributed by atoms with E-state index in [1.54, 1.807) is 18.9 Å². The predicted octanol–water partition coefficient (Wildman–Crippen LogP) is 2.12. The van der Waals surface area contributed by atoms with E-state index in [1.165, 1.54) is 0 Å². The summed E-state index contributed by atoms with van der Waals surface area (Å²) in [5, 5.41) is 0. The van der Waals surface area contributed by atoms with Gasteiger partial charge in [0.1, 0.15) is 5.75 Å². The minimum Gasteiger partial charge on any atom is -0.496 e. The average Bonchev–Trinajstić information content (AvgIpc) is 2.53. The van der Waals surface area contributed by atoms with Gasteiger partial charge in [-0.25, -0.2) is 0 Å². The number of nitrogens with zero attached hydrogens (tertiary/aromatic N) is 2. The van der Waals surface area contributed by atoms with Gasteiger partial charge in [0, 0.05) is 38.7 Å². The number of hydrogen-bond acceptors (Lipinski definition) is 3. The number of piperazine rings is 1. The monoisotopic (exact) mass is 304 g/mol. The van der Waals surface area contributed by atoms with Gasteiger partial charge in [-0.15, -0.1) is 0 Å². The lowest BCUT2D eigenvalue weighted by molar-refractivity contribution is -0.130. The third-order valence-corrected chi connectivity index (χ3v) is 4.11. The second-order valence-corrected chi connectivity index (χ2v) is 5.91. The van der Waals surface area contributed by atoms with E-state index in [9.17, 15) is 9.59 Å². The molecule has 2 amide bonds. The predicted molar refractivity (Wildman–Crippen MR) is 85.2 cm³/mol. The molecule has 0 aliphatic carbocycles. The van der Waals surface area contributed by atoms with Crippen molar-refractivity contribution in [1.82, 2.24) is 9.80 Å². The molecule has 0 bridgehead atoms. The number of rotatable bonds is 3. The third kappa shape index (κ3) is 3.40. The Kier molecular flexibility index (Phi) is 5.06. The van der Waals surface area contributed by atoms with E-state index in [4.69, 9.17) is 4.74 Å². The van der Waals surface area contributed by atoms with Gasteiger partial charge in [-0.3, -0.25) is 9.59 Å². The van der Waals surface area contributed by atoms with Crippen LogP contribution in [0.3, 0.4) is 0 Å². The zero-order chi connectivity index (χ0) is 16.3. The molecule has 1 aliphatic heterocycles. The van der Waals surface area contributed by atoms with Crippen molar-refractivity contribution in [3.05, 3.63) is 29.3 Å². The van der Waals surface area contributed by atoms with Gasteiger partial charge in [-0.2, -0.15) is 0 Å². The average molecular weight is 304 g/mol. The lowest BCUT2D eigenvalue weighted by Crippen LogP contribution is -2.50. The van der Waals surface area contributed by atoms with Crippen molar-refractivity contribution in [2.45, 2.75) is 26.7 Å². The summed E-state index contributed by atoms with van der Waals surface area (Å²) >= 11 is 0. The van der Waals surface area contributed by atoms with Gasteiger partial charge in [0.2, 0.25) is 5.91 Å². The van der Waals surface area contributed by atoms with Crippen molar-refractivity contribution in [3.63, 3.8) is 0 Å². The van der Waals surface area contributed by atoms with Crippen LogP contribution in [0.2, 0.25) is 0 Å². The molecular weight excluding hydrogens is 280 g/mol. The highest BCUT2D eigenvalue weighted by Gasteiger charge is 2.24. The van der Waals surface area contributed by atoms with Crippen LogP contribution < -0.4 is 4.74 Å². The molecule has 1 heterocycles. The van der Waals surface area contributed by atoms with Crippen LogP contribution in [0.1, 0.15) is 42.6 Å². The topological polar surface area (TPSA) is 49.9 Å². The Balaban J connectivity index is 2.13. The number of hydrogen-bond donors (Lipinski definition) is 0. The lowest BCUT2D eigenvalue weighted by atomic mass is 9.99. The number of methoxy groups -OCH3 is 1. The summed E-state index contributed by atoms with van der Waals surface area (Å²) < 4.78 is 5.36. The van der Waals surface area contributed by atoms with Gasteiger partial charge in [0.15, 0.2) is 0 Å². The number of amides is 2. The molecule has 5 heteroatoms. The van der Waals surface area contributed by atoms with Crippen molar-refractivity contribution in [2.24, 2.45) is 0 Å². The molecule has 0 spiro atoms. The summed E-state index contributed by atoms with van der Waals surface area (Å²) in [5.41, 5.74) is 1.72. The first-order valence-electron chi connectivity index (χ1n) is 7.66. The van der Waals surface area contributed by atoms with Crippen molar-refractivity contribution in [1.29, 1.82) is 0 Å². The Morgan fingerprint density at radius 3 is 2.18 bits per heavy atom. The quantitative estimate of drug-likeness (QED) is 0.859. The van der Waals surface area contributed by atoms with Crippen LogP contribution in [0, 0.1) is 0 Å². The van der Waals surface area contributed by atoms with Crippen LogP contribution in [-0.2, 0) is 4.79 Å². The van der Waals surface area contributed by atoms with Crippen LogP contribution in [0.15, 0.2) is 18.2 Å². The van der Waals surface area contributed by atoms with Gasteiger partial charge >= 0.3 is 0 Å². The summed E-state index contributed by atoms with van der Waals surface area (Å²) in [6, 6.07) is 5.59. The molecular formula is C17H24N2O3. The van der Waals surface area contributed by atoms with E-state index in [2.05, 4.69) is 13.8 Å². The number of carbonyl (C=O) groups excluding carboxylic acids is 2. The van der Waals surface area contributed by atoms with Gasteiger partial charge in [0.05, 0.1) is 7.11 Å². The van der Waals surface area contributed by atoms with Gasteiger partial charge < -0.3 is 14.5 Å². The van der Waals surface area contributed by atoms with Crippen molar-refractivity contribution >= 4 is 11.8 Å². The molecule has 0 N–H and O–H groups in total. The number of ether oxygens (including phenoxy) is 1. The maximum Gasteiger partial charge on any atom is 0.253 e. The van der Waals surface area contributed by atoms with E-state index in [0.29, 0.717) is 31.7 Å². The second-order valence-electron chi connectivity index (χ2n) is 5.91. The van der Waals surface area contributed by atoms with E-state index in [1.807, 2.05) is 23.1 Å². The Hall–Kier alpha value is -2.04. The van der Waals surface area contributed by atoms with E-state index in [0.717, 1.165) is 11.3 Å². The standard InChI is InChI=1S/C17H24N2O3/c1-12(2)15-11-14(5-6-16(15)22-4)17(21)19-9-7-18(8-10-19)13(3)20/h5-6,11-12H,7-10H2,1-4H3. The minimum atomic E-state index is 0.0211. The van der Waals surface area contributed by atoms with Crippen LogP contribution in [-0.4, -0.2) is 54.9 Å². The summed E-state index contributed by atoms with van der Waals surface area (Å²) in [7, 11) is 1.64. The molecule has 0 aromatic heterocycles. The first kappa shape index (κ1) is 16.3. The van der Waals surface area contributed by atoms with Crippen molar-refractivity contribution in [2.75, 3.05) is 33.3 Å². The molecule has 0 saturated carbocycles. The molecule has 1 fully saturated rings. The van der Waals surface area contributed by atoms with Crippen LogP contribution in [0.4, 0.5) is 0 Å². The van der Waals surface area contributed by atoms with Crippen LogP contribution in [0.5, 0.6) is 5.75 Å². The summed E-state index contributed by atoms with van der Waals surface area (Å²) in [6.07, 6.45) is 0.